The van der Waals surface area contributed by atoms with E-state index < -0.39 is 0 Å². The van der Waals surface area contributed by atoms with Gasteiger partial charge in [-0.3, -0.25) is 9.59 Å². The van der Waals surface area contributed by atoms with Crippen LogP contribution in [0.1, 0.15) is 83.5 Å². The molecule has 0 aromatic carbocycles. The maximum Gasteiger partial charge on any atom is 0.309 e. The molecule has 25 heavy (non-hydrogen) atoms. The third kappa shape index (κ3) is 3.88. The largest absolute Gasteiger partial charge is 0.462 e. The molecule has 0 heterocycles. The summed E-state index contributed by atoms with van der Waals surface area (Å²) in [4.78, 5) is 25.1. The Bertz CT molecular complexity index is 446. The molecule has 0 saturated heterocycles. The topological polar surface area (TPSA) is 52.6 Å². The first-order valence-electron chi connectivity index (χ1n) is 10.6. The average Bonchev–Trinajstić information content (AvgIpc) is 3.24. The minimum Gasteiger partial charge on any atom is -0.462 e. The average molecular weight is 348 g/mol. The standard InChI is InChI=1S/C21H32O4/c22-20(24-16-7-3-1-4-8-16)18-12-15-11-14(18)13-19(15)21(23)25-17-9-5-2-6-10-17/h14-19H,1-13H2. The summed E-state index contributed by atoms with van der Waals surface area (Å²) in [6, 6.07) is 0. The number of esters is 2. The van der Waals surface area contributed by atoms with Crippen molar-refractivity contribution >= 4 is 11.9 Å². The summed E-state index contributed by atoms with van der Waals surface area (Å²) in [5, 5.41) is 0. The van der Waals surface area contributed by atoms with Gasteiger partial charge < -0.3 is 9.47 Å². The Balaban J connectivity index is 1.26. The Morgan fingerprint density at radius 2 is 0.960 bits per heavy atom. The zero-order valence-corrected chi connectivity index (χ0v) is 15.3. The van der Waals surface area contributed by atoms with Crippen LogP contribution in [0.3, 0.4) is 0 Å². The van der Waals surface area contributed by atoms with Crippen molar-refractivity contribution in [2.45, 2.75) is 95.7 Å². The summed E-state index contributed by atoms with van der Waals surface area (Å²) in [7, 11) is 0. The molecule has 4 aliphatic rings. The lowest BCUT2D eigenvalue weighted by Gasteiger charge is -2.30. The summed E-state index contributed by atoms with van der Waals surface area (Å²) >= 11 is 0. The van der Waals surface area contributed by atoms with Crippen LogP contribution in [0.4, 0.5) is 0 Å². The van der Waals surface area contributed by atoms with Crippen LogP contribution < -0.4 is 0 Å². The molecule has 0 spiro atoms. The number of fused-ring (bicyclic) bond motifs is 2. The third-order valence-electron chi connectivity index (χ3n) is 7.13. The molecule has 0 N–H and O–H groups in total. The van der Waals surface area contributed by atoms with E-state index in [1.807, 2.05) is 0 Å². The Morgan fingerprint density at radius 3 is 1.32 bits per heavy atom. The smallest absolute Gasteiger partial charge is 0.309 e. The Kier molecular flexibility index (Phi) is 5.33. The van der Waals surface area contributed by atoms with Crippen LogP contribution >= 0.6 is 0 Å². The lowest BCUT2D eigenvalue weighted by Crippen LogP contribution is -2.34. The van der Waals surface area contributed by atoms with Crippen LogP contribution in [-0.2, 0) is 19.1 Å². The van der Waals surface area contributed by atoms with E-state index in [1.54, 1.807) is 0 Å². The van der Waals surface area contributed by atoms with E-state index in [9.17, 15) is 9.59 Å². The lowest BCUT2D eigenvalue weighted by molar-refractivity contribution is -0.163. The first-order valence-corrected chi connectivity index (χ1v) is 10.6. The van der Waals surface area contributed by atoms with Crippen LogP contribution in [0.5, 0.6) is 0 Å². The molecule has 4 nitrogen and oxygen atoms in total. The van der Waals surface area contributed by atoms with E-state index in [-0.39, 0.29) is 36.0 Å². The van der Waals surface area contributed by atoms with Crippen LogP contribution in [0.25, 0.3) is 0 Å². The maximum atomic E-state index is 12.6. The Morgan fingerprint density at radius 1 is 0.560 bits per heavy atom. The van der Waals surface area contributed by atoms with E-state index in [2.05, 4.69) is 0 Å². The van der Waals surface area contributed by atoms with Gasteiger partial charge in [0.1, 0.15) is 12.2 Å². The summed E-state index contributed by atoms with van der Waals surface area (Å²) < 4.78 is 11.6. The highest BCUT2D eigenvalue weighted by atomic mass is 16.5. The summed E-state index contributed by atoms with van der Waals surface area (Å²) in [5.41, 5.74) is 0. The van der Waals surface area contributed by atoms with Gasteiger partial charge in [0.05, 0.1) is 11.8 Å². The van der Waals surface area contributed by atoms with Crippen LogP contribution in [0.15, 0.2) is 0 Å². The highest BCUT2D eigenvalue weighted by Gasteiger charge is 2.52. The second-order valence-electron chi connectivity index (χ2n) is 8.83. The molecular formula is C21H32O4. The van der Waals surface area contributed by atoms with Gasteiger partial charge >= 0.3 is 11.9 Å². The predicted octanol–water partition coefficient (Wildman–Crippen LogP) is 4.40. The zero-order valence-electron chi connectivity index (χ0n) is 15.3. The van der Waals surface area contributed by atoms with Gasteiger partial charge in [0.15, 0.2) is 0 Å². The van der Waals surface area contributed by atoms with Crippen molar-refractivity contribution in [2.24, 2.45) is 23.7 Å². The van der Waals surface area contributed by atoms with Crippen molar-refractivity contribution in [1.82, 2.24) is 0 Å². The molecule has 4 fully saturated rings. The van der Waals surface area contributed by atoms with E-state index in [1.165, 1.54) is 38.5 Å². The monoisotopic (exact) mass is 348 g/mol. The molecule has 4 heteroatoms. The van der Waals surface area contributed by atoms with Gasteiger partial charge in [0, 0.05) is 0 Å². The second-order valence-corrected chi connectivity index (χ2v) is 8.83. The van der Waals surface area contributed by atoms with Crippen LogP contribution in [0.2, 0.25) is 0 Å². The fourth-order valence-corrected chi connectivity index (χ4v) is 5.72. The van der Waals surface area contributed by atoms with Crippen molar-refractivity contribution in [3.63, 3.8) is 0 Å². The molecule has 0 aromatic heterocycles. The van der Waals surface area contributed by atoms with Gasteiger partial charge in [-0.2, -0.15) is 0 Å². The SMILES string of the molecule is O=C(OC1CCCCC1)C1CC2CC1CC2C(=O)OC1CCCCC1. The molecule has 0 aliphatic heterocycles. The van der Waals surface area contributed by atoms with Gasteiger partial charge in [-0.25, -0.2) is 0 Å². The number of rotatable bonds is 4. The zero-order chi connectivity index (χ0) is 17.2. The number of carbonyl (C=O) groups is 2. The van der Waals surface area contributed by atoms with Crippen molar-refractivity contribution in [1.29, 1.82) is 0 Å². The van der Waals surface area contributed by atoms with Gasteiger partial charge in [0.2, 0.25) is 0 Å². The summed E-state index contributed by atoms with van der Waals surface area (Å²) in [6.45, 7) is 0. The van der Waals surface area contributed by atoms with Gasteiger partial charge in [0.25, 0.3) is 0 Å². The van der Waals surface area contributed by atoms with Crippen molar-refractivity contribution in [2.75, 3.05) is 0 Å². The molecule has 0 aromatic rings. The molecule has 2 bridgehead atoms. The minimum atomic E-state index is 0.0125. The minimum absolute atomic E-state index is 0.0125. The highest BCUT2D eigenvalue weighted by molar-refractivity contribution is 5.77. The fraction of sp³-hybridized carbons (Fsp3) is 0.905. The predicted molar refractivity (Wildman–Crippen MR) is 93.7 cm³/mol. The van der Waals surface area contributed by atoms with E-state index in [0.717, 1.165) is 44.9 Å². The van der Waals surface area contributed by atoms with Gasteiger partial charge in [-0.15, -0.1) is 0 Å². The first kappa shape index (κ1) is 17.4. The second kappa shape index (κ2) is 7.67. The van der Waals surface area contributed by atoms with Crippen LogP contribution in [0, 0.1) is 23.7 Å². The van der Waals surface area contributed by atoms with E-state index in [0.29, 0.717) is 11.8 Å². The molecule has 0 radical (unpaired) electrons. The Hall–Kier alpha value is -1.06. The molecule has 4 rings (SSSR count). The van der Waals surface area contributed by atoms with Crippen molar-refractivity contribution in [3.05, 3.63) is 0 Å². The molecule has 4 saturated carbocycles. The van der Waals surface area contributed by atoms with Crippen molar-refractivity contribution < 1.29 is 19.1 Å². The molecular weight excluding hydrogens is 316 g/mol. The van der Waals surface area contributed by atoms with Gasteiger partial charge in [-0.1, -0.05) is 12.8 Å². The number of hydrogen-bond acceptors (Lipinski definition) is 4. The quantitative estimate of drug-likeness (QED) is 0.707. The molecule has 140 valence electrons. The van der Waals surface area contributed by atoms with E-state index >= 15 is 0 Å². The fourth-order valence-electron chi connectivity index (χ4n) is 5.72. The van der Waals surface area contributed by atoms with Crippen LogP contribution in [-0.4, -0.2) is 24.1 Å². The summed E-state index contributed by atoms with van der Waals surface area (Å²) in [6.07, 6.45) is 14.4. The molecule has 4 unspecified atom stereocenters. The molecule has 4 atom stereocenters. The molecule has 0 amide bonds. The third-order valence-corrected chi connectivity index (χ3v) is 7.13. The highest BCUT2D eigenvalue weighted by Crippen LogP contribution is 2.52. The molecule has 4 aliphatic carbocycles. The van der Waals surface area contributed by atoms with Gasteiger partial charge in [-0.05, 0) is 82.5 Å². The van der Waals surface area contributed by atoms with E-state index in [4.69, 9.17) is 9.47 Å². The van der Waals surface area contributed by atoms with Crippen molar-refractivity contribution in [3.8, 4) is 0 Å². The number of ether oxygens (including phenoxy) is 2. The maximum absolute atomic E-state index is 12.6. The Labute approximate surface area is 151 Å². The number of hydrogen-bond donors (Lipinski definition) is 0. The number of carbonyl (C=O) groups excluding carboxylic acids is 2. The lowest BCUT2D eigenvalue weighted by atomic mass is 9.82. The normalized spacial score (nSPS) is 36.3. The summed E-state index contributed by atoms with van der Waals surface area (Å²) in [5.74, 6) is 0.767. The first-order chi connectivity index (χ1) is 12.2.